The summed E-state index contributed by atoms with van der Waals surface area (Å²) in [4.78, 5) is 30.7. The number of nitrogens with one attached hydrogen (secondary N) is 1. The van der Waals surface area contributed by atoms with E-state index in [1.807, 2.05) is 0 Å². The maximum absolute atomic E-state index is 13.3. The van der Waals surface area contributed by atoms with E-state index < -0.39 is 18.0 Å². The van der Waals surface area contributed by atoms with Gasteiger partial charge in [-0.25, -0.2) is 9.78 Å². The molecule has 38 heavy (non-hydrogen) atoms. The minimum Gasteiger partial charge on any atom is -0.481 e. The second-order valence-corrected chi connectivity index (χ2v) is 12.3. The number of carboxylic acid groups (broad SMARTS) is 1. The van der Waals surface area contributed by atoms with Crippen molar-refractivity contribution in [3.63, 3.8) is 0 Å². The lowest BCUT2D eigenvalue weighted by Crippen LogP contribution is -2.46. The molecule has 1 aromatic heterocycles. The minimum absolute atomic E-state index is 0.0643. The summed E-state index contributed by atoms with van der Waals surface area (Å²) in [6.07, 6.45) is 5.49. The SMILES string of the molecule is CC(C)(CSc1cnc(NC(=O)N(CCOCc2ccccc2OC(F)F)[C@H]2CC[C@H](C)CC2)s1)C(=O)O. The Labute approximate surface area is 230 Å². The highest BCUT2D eigenvalue weighted by Crippen LogP contribution is 2.34. The van der Waals surface area contributed by atoms with Gasteiger partial charge < -0.3 is 19.5 Å². The molecule has 0 radical (unpaired) electrons. The summed E-state index contributed by atoms with van der Waals surface area (Å²) in [6.45, 7) is 3.28. The topological polar surface area (TPSA) is 101 Å². The molecule has 2 N–H and O–H groups in total. The highest BCUT2D eigenvalue weighted by atomic mass is 32.2. The molecule has 1 aromatic carbocycles. The van der Waals surface area contributed by atoms with Crippen LogP contribution in [-0.4, -0.2) is 58.5 Å². The van der Waals surface area contributed by atoms with E-state index >= 15 is 0 Å². The number of para-hydroxylation sites is 1. The average molecular weight is 572 g/mol. The lowest BCUT2D eigenvalue weighted by molar-refractivity contribution is -0.145. The third-order valence-electron chi connectivity index (χ3n) is 6.46. The van der Waals surface area contributed by atoms with Gasteiger partial charge in [-0.05, 0) is 51.5 Å². The molecular weight excluding hydrogens is 536 g/mol. The number of hydrogen-bond donors (Lipinski definition) is 2. The second-order valence-electron chi connectivity index (χ2n) is 10.0. The van der Waals surface area contributed by atoms with Crippen LogP contribution in [0.3, 0.4) is 0 Å². The fourth-order valence-corrected chi connectivity index (χ4v) is 5.99. The van der Waals surface area contributed by atoms with Gasteiger partial charge in [0, 0.05) is 23.9 Å². The van der Waals surface area contributed by atoms with E-state index in [0.29, 0.717) is 28.9 Å². The molecule has 2 amide bonds. The van der Waals surface area contributed by atoms with Crippen molar-refractivity contribution in [2.75, 3.05) is 24.2 Å². The van der Waals surface area contributed by atoms with Crippen LogP contribution in [0.5, 0.6) is 5.75 Å². The van der Waals surface area contributed by atoms with Gasteiger partial charge in [-0.15, -0.1) is 11.8 Å². The first kappa shape index (κ1) is 30.1. The van der Waals surface area contributed by atoms with E-state index in [9.17, 15) is 23.5 Å². The highest BCUT2D eigenvalue weighted by molar-refractivity contribution is 8.01. The van der Waals surface area contributed by atoms with Crippen LogP contribution in [0.25, 0.3) is 0 Å². The van der Waals surface area contributed by atoms with E-state index in [2.05, 4.69) is 22.0 Å². The van der Waals surface area contributed by atoms with Crippen LogP contribution in [0, 0.1) is 11.3 Å². The highest BCUT2D eigenvalue weighted by Gasteiger charge is 2.29. The summed E-state index contributed by atoms with van der Waals surface area (Å²) in [5, 5.41) is 12.6. The van der Waals surface area contributed by atoms with Crippen molar-refractivity contribution in [3.05, 3.63) is 36.0 Å². The predicted octanol–water partition coefficient (Wildman–Crippen LogP) is 6.58. The molecule has 1 aliphatic carbocycles. The van der Waals surface area contributed by atoms with Crippen LogP contribution in [0.15, 0.2) is 34.7 Å². The number of aromatic nitrogens is 1. The average Bonchev–Trinajstić information content (AvgIpc) is 3.31. The van der Waals surface area contributed by atoms with Crippen molar-refractivity contribution in [2.45, 2.75) is 69.9 Å². The molecule has 210 valence electrons. The van der Waals surface area contributed by atoms with Crippen molar-refractivity contribution in [3.8, 4) is 5.75 Å². The number of halogens is 2. The number of rotatable bonds is 13. The summed E-state index contributed by atoms with van der Waals surface area (Å²) in [5.41, 5.74) is -0.367. The van der Waals surface area contributed by atoms with E-state index in [4.69, 9.17) is 4.74 Å². The number of anilines is 1. The molecule has 3 rings (SSSR count). The van der Waals surface area contributed by atoms with Gasteiger partial charge in [0.15, 0.2) is 5.13 Å². The smallest absolute Gasteiger partial charge is 0.387 e. The summed E-state index contributed by atoms with van der Waals surface area (Å²) in [6, 6.07) is 6.27. The Hall–Kier alpha value is -2.44. The van der Waals surface area contributed by atoms with E-state index in [0.717, 1.165) is 29.9 Å². The zero-order valence-corrected chi connectivity index (χ0v) is 23.5. The Balaban J connectivity index is 1.58. The largest absolute Gasteiger partial charge is 0.481 e. The number of urea groups is 1. The zero-order valence-electron chi connectivity index (χ0n) is 21.8. The van der Waals surface area contributed by atoms with Crippen LogP contribution in [-0.2, 0) is 16.1 Å². The predicted molar refractivity (Wildman–Crippen MR) is 144 cm³/mol. The lowest BCUT2D eigenvalue weighted by atomic mass is 9.86. The normalized spacial score (nSPS) is 17.8. The van der Waals surface area contributed by atoms with Gasteiger partial charge in [-0.2, -0.15) is 8.78 Å². The van der Waals surface area contributed by atoms with Crippen molar-refractivity contribution < 1.29 is 33.0 Å². The quantitative estimate of drug-likeness (QED) is 0.207. The van der Waals surface area contributed by atoms with E-state index in [1.54, 1.807) is 43.1 Å². The van der Waals surface area contributed by atoms with Gasteiger partial charge in [0.1, 0.15) is 5.75 Å². The molecule has 0 unspecified atom stereocenters. The number of thioether (sulfide) groups is 1. The van der Waals surface area contributed by atoms with Crippen molar-refractivity contribution >= 4 is 40.2 Å². The Kier molecular flexibility index (Phi) is 11.2. The number of carbonyl (C=O) groups excluding carboxylic acids is 1. The van der Waals surface area contributed by atoms with Crippen LogP contribution in [0.1, 0.15) is 52.0 Å². The number of alkyl halides is 2. The number of nitrogens with zero attached hydrogens (tertiary/aromatic N) is 2. The zero-order chi connectivity index (χ0) is 27.7. The van der Waals surface area contributed by atoms with Crippen molar-refractivity contribution in [2.24, 2.45) is 11.3 Å². The second kappa shape index (κ2) is 14.1. The number of carbonyl (C=O) groups is 2. The molecule has 12 heteroatoms. The Morgan fingerprint density at radius 3 is 2.66 bits per heavy atom. The van der Waals surface area contributed by atoms with E-state index in [-0.39, 0.29) is 31.0 Å². The van der Waals surface area contributed by atoms with Gasteiger partial charge in [-0.3, -0.25) is 10.1 Å². The lowest BCUT2D eigenvalue weighted by Gasteiger charge is -2.36. The summed E-state index contributed by atoms with van der Waals surface area (Å²) < 4.78 is 36.5. The first-order valence-electron chi connectivity index (χ1n) is 12.5. The number of thiazole rings is 1. The number of hydrogen-bond acceptors (Lipinski definition) is 7. The summed E-state index contributed by atoms with van der Waals surface area (Å²) in [5.74, 6) is 0.204. The van der Waals surface area contributed by atoms with Crippen LogP contribution in [0.4, 0.5) is 18.7 Å². The Morgan fingerprint density at radius 1 is 1.26 bits per heavy atom. The third-order valence-corrected chi connectivity index (χ3v) is 9.03. The monoisotopic (exact) mass is 571 g/mol. The first-order chi connectivity index (χ1) is 18.0. The number of aliphatic carboxylic acids is 1. The van der Waals surface area contributed by atoms with Crippen molar-refractivity contribution in [1.29, 1.82) is 0 Å². The van der Waals surface area contributed by atoms with Gasteiger partial charge >= 0.3 is 18.6 Å². The van der Waals surface area contributed by atoms with Crippen LogP contribution < -0.4 is 10.1 Å². The van der Waals surface area contributed by atoms with E-state index in [1.165, 1.54) is 29.2 Å². The third kappa shape index (κ3) is 9.09. The van der Waals surface area contributed by atoms with Crippen molar-refractivity contribution in [1.82, 2.24) is 9.88 Å². The number of amides is 2. The molecule has 1 heterocycles. The fraction of sp³-hybridized carbons (Fsp3) is 0.577. The molecule has 1 saturated carbocycles. The molecule has 8 nitrogen and oxygen atoms in total. The Bertz CT molecular complexity index is 1060. The first-order valence-corrected chi connectivity index (χ1v) is 14.4. The Morgan fingerprint density at radius 2 is 1.97 bits per heavy atom. The molecule has 2 aromatic rings. The fourth-order valence-electron chi connectivity index (χ4n) is 4.04. The van der Waals surface area contributed by atoms with Gasteiger partial charge in [0.2, 0.25) is 0 Å². The molecule has 0 saturated heterocycles. The standard InChI is InChI=1S/C26H35F2N3O5S2/c1-17-8-10-19(11-9-17)31(12-13-35-15-18-6-4-5-7-20(18)36-23(27)28)25(34)30-24-29-14-21(38-24)37-16-26(2,3)22(32)33/h4-7,14,17,19,23H,8-13,15-16H2,1-3H3,(H,32,33)(H,29,30,34)/t17-,19-. The molecular formula is C26H35F2N3O5S2. The summed E-state index contributed by atoms with van der Waals surface area (Å²) >= 11 is 2.70. The summed E-state index contributed by atoms with van der Waals surface area (Å²) in [7, 11) is 0. The van der Waals surface area contributed by atoms with Gasteiger partial charge in [-0.1, -0.05) is 36.5 Å². The van der Waals surface area contributed by atoms with Crippen LogP contribution in [0.2, 0.25) is 0 Å². The molecule has 0 atom stereocenters. The minimum atomic E-state index is -2.92. The van der Waals surface area contributed by atoms with Gasteiger partial charge in [0.25, 0.3) is 0 Å². The number of carboxylic acids is 1. The number of ether oxygens (including phenoxy) is 2. The molecule has 0 bridgehead atoms. The maximum atomic E-state index is 13.3. The molecule has 1 fully saturated rings. The van der Waals surface area contributed by atoms with Crippen LogP contribution >= 0.6 is 23.1 Å². The molecule has 0 aliphatic heterocycles. The maximum Gasteiger partial charge on any atom is 0.387 e. The van der Waals surface area contributed by atoms with Gasteiger partial charge in [0.05, 0.1) is 29.0 Å². The molecule has 0 spiro atoms. The molecule has 1 aliphatic rings. The number of benzene rings is 1.